The molecule has 11 nitrogen and oxygen atoms in total. The number of amides is 1. The number of primary sulfonamides is 1. The van der Waals surface area contributed by atoms with E-state index in [1.165, 1.54) is 6.20 Å². The van der Waals surface area contributed by atoms with E-state index in [2.05, 4.69) is 25.6 Å². The zero-order chi connectivity index (χ0) is 26.3. The van der Waals surface area contributed by atoms with E-state index in [-0.39, 0.29) is 28.4 Å². The molecule has 2 aromatic carbocycles. The second-order valence-corrected chi connectivity index (χ2v) is 10.9. The first-order valence-electron chi connectivity index (χ1n) is 11.3. The van der Waals surface area contributed by atoms with Crippen LogP contribution in [0.15, 0.2) is 48.7 Å². The lowest BCUT2D eigenvalue weighted by atomic mass is 10.1. The summed E-state index contributed by atoms with van der Waals surface area (Å²) in [5, 5.41) is 22.0. The number of likely N-dealkylation sites (tertiary alicyclic amines) is 1. The third kappa shape index (κ3) is 5.37. The van der Waals surface area contributed by atoms with E-state index in [9.17, 15) is 18.3 Å². The highest BCUT2D eigenvalue weighted by Gasteiger charge is 2.31. The molecular weight excluding hydrogens is 518 g/mol. The number of hydrogen-bond acceptors (Lipinski definition) is 8. The van der Waals surface area contributed by atoms with Gasteiger partial charge in [0.25, 0.3) is 5.91 Å². The minimum atomic E-state index is -3.74. The van der Waals surface area contributed by atoms with Gasteiger partial charge in [0.2, 0.25) is 16.0 Å². The maximum Gasteiger partial charge on any atom is 0.256 e. The predicted molar refractivity (Wildman–Crippen MR) is 142 cm³/mol. The first kappa shape index (κ1) is 25.0. The van der Waals surface area contributed by atoms with Crippen LogP contribution in [0.5, 0.6) is 0 Å². The number of fused-ring (bicyclic) bond motifs is 1. The summed E-state index contributed by atoms with van der Waals surface area (Å²) in [6, 6.07) is 12.3. The van der Waals surface area contributed by atoms with Crippen LogP contribution in [-0.4, -0.2) is 58.5 Å². The van der Waals surface area contributed by atoms with Crippen molar-refractivity contribution in [2.75, 3.05) is 23.7 Å². The number of sulfonamides is 1. The lowest BCUT2D eigenvalue weighted by molar-refractivity contribution is 0.00597. The smallest absolute Gasteiger partial charge is 0.256 e. The molecule has 37 heavy (non-hydrogen) atoms. The molecule has 5 rings (SSSR count). The predicted octanol–water partition coefficient (Wildman–Crippen LogP) is 3.01. The fraction of sp³-hybridized carbons (Fsp3) is 0.208. The van der Waals surface area contributed by atoms with E-state index < -0.39 is 16.1 Å². The van der Waals surface area contributed by atoms with Crippen LogP contribution >= 0.6 is 11.6 Å². The van der Waals surface area contributed by atoms with Crippen LogP contribution in [0.1, 0.15) is 21.6 Å². The Bertz CT molecular complexity index is 1620. The fourth-order valence-electron chi connectivity index (χ4n) is 4.22. The van der Waals surface area contributed by atoms with Crippen LogP contribution in [0.3, 0.4) is 0 Å². The number of aliphatic hydroxyl groups excluding tert-OH is 1. The number of aromatic nitrogens is 3. The van der Waals surface area contributed by atoms with E-state index >= 15 is 0 Å². The number of β-amino-alcohol motifs (C(OH)–C–C–N with tert-alkyl or cyclic N) is 1. The molecule has 3 heterocycles. The highest BCUT2D eigenvalue weighted by molar-refractivity contribution is 7.88. The number of aliphatic hydroxyl groups is 1. The van der Waals surface area contributed by atoms with Crippen molar-refractivity contribution in [2.24, 2.45) is 5.14 Å². The molecule has 13 heteroatoms. The molecule has 1 amide bonds. The van der Waals surface area contributed by atoms with E-state index in [1.807, 2.05) is 25.1 Å². The molecule has 0 bridgehead atoms. The molecule has 1 fully saturated rings. The van der Waals surface area contributed by atoms with Gasteiger partial charge in [-0.1, -0.05) is 29.8 Å². The van der Waals surface area contributed by atoms with Gasteiger partial charge in [-0.3, -0.25) is 4.79 Å². The van der Waals surface area contributed by atoms with Crippen LogP contribution in [0, 0.1) is 6.92 Å². The number of nitrogens with two attached hydrogens (primary N) is 1. The van der Waals surface area contributed by atoms with E-state index in [1.54, 1.807) is 29.2 Å². The van der Waals surface area contributed by atoms with Crippen molar-refractivity contribution in [1.29, 1.82) is 0 Å². The first-order chi connectivity index (χ1) is 17.6. The molecule has 192 valence electrons. The van der Waals surface area contributed by atoms with E-state index in [4.69, 9.17) is 16.7 Å². The van der Waals surface area contributed by atoms with Gasteiger partial charge >= 0.3 is 0 Å². The SMILES string of the molecule is Cc1[nH]c2cc(Nc3ncc(Cl)c(Nc4ccccc4CS(N)(=O)=O)n3)ccc2c1C(=O)N1CC(O)C1. The number of rotatable bonds is 7. The van der Waals surface area contributed by atoms with Crippen molar-refractivity contribution in [1.82, 2.24) is 19.9 Å². The molecule has 0 radical (unpaired) electrons. The summed E-state index contributed by atoms with van der Waals surface area (Å²) >= 11 is 6.30. The standard InChI is InChI=1S/C24H24ClN7O4S/c1-13-21(23(34)32-10-16(33)11-32)17-7-6-15(8-20(17)28-13)29-24-27-9-18(25)22(31-24)30-19-5-3-2-4-14(19)12-37(26,35)36/h2-9,16,28,33H,10-12H2,1H3,(H2,26,35,36)(H2,27,29,30,31). The molecule has 1 aliphatic heterocycles. The Hall–Kier alpha value is -3.71. The Balaban J connectivity index is 1.38. The molecule has 0 spiro atoms. The van der Waals surface area contributed by atoms with Crippen LogP contribution in [0.4, 0.5) is 23.1 Å². The monoisotopic (exact) mass is 541 g/mol. The lowest BCUT2D eigenvalue weighted by Gasteiger charge is -2.35. The maximum atomic E-state index is 12.9. The number of benzene rings is 2. The Kier molecular flexibility index (Phi) is 6.50. The lowest BCUT2D eigenvalue weighted by Crippen LogP contribution is -2.53. The van der Waals surface area contributed by atoms with Crippen molar-refractivity contribution < 1.29 is 18.3 Å². The van der Waals surface area contributed by atoms with Crippen molar-refractivity contribution in [3.63, 3.8) is 0 Å². The quantitative estimate of drug-likeness (QED) is 0.238. The Labute approximate surface area is 217 Å². The van der Waals surface area contributed by atoms with Crippen molar-refractivity contribution in [3.8, 4) is 0 Å². The third-order valence-electron chi connectivity index (χ3n) is 5.98. The summed E-state index contributed by atoms with van der Waals surface area (Å²) in [5.74, 6) is 0.0727. The molecule has 2 aromatic heterocycles. The topological polar surface area (TPSA) is 166 Å². The number of halogens is 1. The van der Waals surface area contributed by atoms with Crippen LogP contribution in [0.2, 0.25) is 5.02 Å². The zero-order valence-electron chi connectivity index (χ0n) is 19.7. The van der Waals surface area contributed by atoms with Gasteiger partial charge in [-0.2, -0.15) is 4.98 Å². The fourth-order valence-corrected chi connectivity index (χ4v) is 5.04. The highest BCUT2D eigenvalue weighted by Crippen LogP contribution is 2.30. The van der Waals surface area contributed by atoms with Gasteiger partial charge in [-0.05, 0) is 36.8 Å². The Morgan fingerprint density at radius 3 is 2.73 bits per heavy atom. The number of aryl methyl sites for hydroxylation is 1. The molecule has 4 aromatic rings. The molecule has 6 N–H and O–H groups in total. The van der Waals surface area contributed by atoms with Gasteiger partial charge in [0.1, 0.15) is 5.02 Å². The largest absolute Gasteiger partial charge is 0.389 e. The van der Waals surface area contributed by atoms with Crippen molar-refractivity contribution >= 4 is 61.6 Å². The minimum Gasteiger partial charge on any atom is -0.389 e. The number of para-hydroxylation sites is 1. The normalized spacial score (nSPS) is 14.0. The van der Waals surface area contributed by atoms with Gasteiger partial charge in [0.05, 0.1) is 23.6 Å². The summed E-state index contributed by atoms with van der Waals surface area (Å²) in [7, 11) is -3.74. The Morgan fingerprint density at radius 1 is 1.24 bits per heavy atom. The maximum absolute atomic E-state index is 12.9. The summed E-state index contributed by atoms with van der Waals surface area (Å²) < 4.78 is 23.2. The molecule has 0 atom stereocenters. The average molecular weight is 542 g/mol. The second kappa shape index (κ2) is 9.63. The number of carbonyl (C=O) groups is 1. The summed E-state index contributed by atoms with van der Waals surface area (Å²) in [4.78, 5) is 26.4. The second-order valence-electron chi connectivity index (χ2n) is 8.85. The molecular formula is C24H24ClN7O4S. The number of nitrogens with zero attached hydrogens (tertiary/aromatic N) is 3. The number of H-pyrrole nitrogens is 1. The summed E-state index contributed by atoms with van der Waals surface area (Å²) in [5.41, 5.74) is 3.73. The van der Waals surface area contributed by atoms with Gasteiger partial charge in [-0.15, -0.1) is 0 Å². The summed E-state index contributed by atoms with van der Waals surface area (Å²) in [6.45, 7) is 2.51. The van der Waals surface area contributed by atoms with Crippen molar-refractivity contribution in [2.45, 2.75) is 18.8 Å². The van der Waals surface area contributed by atoms with Gasteiger partial charge in [0.15, 0.2) is 5.82 Å². The number of anilines is 4. The summed E-state index contributed by atoms with van der Waals surface area (Å²) in [6.07, 6.45) is 0.961. The van der Waals surface area contributed by atoms with E-state index in [0.717, 1.165) is 16.6 Å². The zero-order valence-corrected chi connectivity index (χ0v) is 21.3. The highest BCUT2D eigenvalue weighted by atomic mass is 35.5. The van der Waals surface area contributed by atoms with Gasteiger partial charge in [0, 0.05) is 41.1 Å². The Morgan fingerprint density at radius 2 is 2.00 bits per heavy atom. The minimum absolute atomic E-state index is 0.116. The van der Waals surface area contributed by atoms with Gasteiger partial charge in [-0.25, -0.2) is 18.5 Å². The molecule has 0 saturated carbocycles. The van der Waals surface area contributed by atoms with Crippen LogP contribution in [-0.2, 0) is 15.8 Å². The number of hydrogen-bond donors (Lipinski definition) is 5. The van der Waals surface area contributed by atoms with E-state index in [0.29, 0.717) is 35.6 Å². The first-order valence-corrected chi connectivity index (χ1v) is 13.4. The molecule has 1 aliphatic rings. The van der Waals surface area contributed by atoms with Crippen molar-refractivity contribution in [3.05, 3.63) is 70.5 Å². The van der Waals surface area contributed by atoms with Gasteiger partial charge < -0.3 is 25.6 Å². The molecule has 0 aliphatic carbocycles. The van der Waals surface area contributed by atoms with Crippen LogP contribution in [0.25, 0.3) is 10.9 Å². The molecule has 1 saturated heterocycles. The average Bonchev–Trinajstić information content (AvgIpc) is 3.14. The molecule has 0 unspecified atom stereocenters. The third-order valence-corrected chi connectivity index (χ3v) is 6.97. The number of carbonyl (C=O) groups excluding carboxylic acids is 1. The number of aromatic amines is 1. The van der Waals surface area contributed by atoms with Crippen LogP contribution < -0.4 is 15.8 Å². The number of nitrogens with one attached hydrogen (secondary N) is 3.